The van der Waals surface area contributed by atoms with Crippen LogP contribution in [0.1, 0.15) is 57.0 Å². The van der Waals surface area contributed by atoms with Crippen LogP contribution in [0.4, 0.5) is 4.79 Å². The summed E-state index contributed by atoms with van der Waals surface area (Å²) in [5.74, 6) is 0. The van der Waals surface area contributed by atoms with Crippen molar-refractivity contribution < 1.29 is 14.3 Å². The van der Waals surface area contributed by atoms with Crippen LogP contribution in [0.5, 0.6) is 0 Å². The third kappa shape index (κ3) is 4.81. The van der Waals surface area contributed by atoms with Crippen LogP contribution in [0, 0.1) is 6.92 Å². The van der Waals surface area contributed by atoms with E-state index in [1.165, 1.54) is 22.1 Å². The number of thiophene rings is 1. The van der Waals surface area contributed by atoms with Gasteiger partial charge in [0.25, 0.3) is 5.56 Å². The van der Waals surface area contributed by atoms with Crippen LogP contribution in [0.3, 0.4) is 0 Å². The highest BCUT2D eigenvalue weighted by atomic mass is 32.1. The van der Waals surface area contributed by atoms with Gasteiger partial charge in [-0.25, -0.2) is 15.0 Å². The number of amides is 1. The molecule has 0 unspecified atom stereocenters. The van der Waals surface area contributed by atoms with Crippen molar-refractivity contribution in [3.8, 4) is 0 Å². The fourth-order valence-corrected chi connectivity index (χ4v) is 4.29. The van der Waals surface area contributed by atoms with Crippen molar-refractivity contribution in [1.82, 2.24) is 14.6 Å². The Balaban J connectivity index is 1.99. The molecule has 0 spiro atoms. The van der Waals surface area contributed by atoms with E-state index in [1.54, 1.807) is 25.3 Å². The van der Waals surface area contributed by atoms with Crippen LogP contribution < -0.4 is 16.7 Å². The lowest BCUT2D eigenvalue weighted by Crippen LogP contribution is -2.39. The van der Waals surface area contributed by atoms with Crippen molar-refractivity contribution in [2.24, 2.45) is 5.10 Å². The number of carbonyl (C=O) groups is 1. The normalized spacial score (nSPS) is 14.6. The van der Waals surface area contributed by atoms with Crippen molar-refractivity contribution in [1.29, 1.82) is 0 Å². The Labute approximate surface area is 178 Å². The summed E-state index contributed by atoms with van der Waals surface area (Å²) in [6, 6.07) is -0.0296. The lowest BCUT2D eigenvalue weighted by atomic mass is 10.2. The second-order valence-corrected chi connectivity index (χ2v) is 9.21. The van der Waals surface area contributed by atoms with Crippen LogP contribution in [0.25, 0.3) is 10.2 Å². The summed E-state index contributed by atoms with van der Waals surface area (Å²) in [5.41, 5.74) is 1.86. The molecule has 0 aliphatic heterocycles. The first-order valence-corrected chi connectivity index (χ1v) is 10.8. The molecule has 1 N–H and O–H groups in total. The molecule has 1 saturated carbocycles. The van der Waals surface area contributed by atoms with Gasteiger partial charge in [0.1, 0.15) is 10.4 Å². The summed E-state index contributed by atoms with van der Waals surface area (Å²) in [6.07, 6.45) is 2.48. The zero-order valence-corrected chi connectivity index (χ0v) is 18.8. The quantitative estimate of drug-likeness (QED) is 0.408. The van der Waals surface area contributed by atoms with Gasteiger partial charge in [-0.05, 0) is 53.0 Å². The molecule has 2 aromatic rings. The molecule has 1 aliphatic rings. The van der Waals surface area contributed by atoms with Crippen molar-refractivity contribution >= 4 is 33.9 Å². The molecule has 10 heteroatoms. The van der Waals surface area contributed by atoms with Gasteiger partial charge in [0.05, 0.1) is 29.6 Å². The average molecular weight is 437 g/mol. The summed E-state index contributed by atoms with van der Waals surface area (Å²) in [7, 11) is 0. The van der Waals surface area contributed by atoms with Gasteiger partial charge in [-0.3, -0.25) is 13.9 Å². The predicted molar refractivity (Wildman–Crippen MR) is 117 cm³/mol. The van der Waals surface area contributed by atoms with E-state index < -0.39 is 11.7 Å². The highest BCUT2D eigenvalue weighted by molar-refractivity contribution is 7.20. The van der Waals surface area contributed by atoms with E-state index in [2.05, 4.69) is 10.5 Å². The molecule has 1 amide bonds. The second kappa shape index (κ2) is 8.73. The Morgan fingerprint density at radius 1 is 1.33 bits per heavy atom. The number of hydrogen-bond acceptors (Lipinski definition) is 7. The zero-order valence-electron chi connectivity index (χ0n) is 18.0. The molecular formula is C20H28N4O5S. The van der Waals surface area contributed by atoms with Gasteiger partial charge in [0.2, 0.25) is 0 Å². The van der Waals surface area contributed by atoms with Crippen molar-refractivity contribution in [2.75, 3.05) is 13.2 Å². The molecule has 30 heavy (non-hydrogen) atoms. The van der Waals surface area contributed by atoms with Gasteiger partial charge >= 0.3 is 11.8 Å². The number of rotatable bonds is 7. The number of nitrogens with zero attached hydrogens (tertiary/aromatic N) is 3. The number of hydrazone groups is 1. The number of nitrogens with one attached hydrogen (secondary N) is 1. The summed E-state index contributed by atoms with van der Waals surface area (Å²) in [6.45, 7) is 10.3. The van der Waals surface area contributed by atoms with Crippen LogP contribution in [-0.4, -0.2) is 40.3 Å². The SMILES string of the molecule is CCOCCn1c(=O)n(C2CC2)c(=O)c2c(C)c(C=NNC(=O)OC(C)(C)C)sc21. The number of carbonyl (C=O) groups excluding carboxylic acids is 1. The number of ether oxygens (including phenoxy) is 2. The Bertz CT molecular complexity index is 1090. The smallest absolute Gasteiger partial charge is 0.428 e. The second-order valence-electron chi connectivity index (χ2n) is 8.18. The Morgan fingerprint density at radius 2 is 2.03 bits per heavy atom. The molecule has 0 bridgehead atoms. The monoisotopic (exact) mass is 436 g/mol. The number of aromatic nitrogens is 2. The van der Waals surface area contributed by atoms with Gasteiger partial charge in [-0.15, -0.1) is 11.3 Å². The van der Waals surface area contributed by atoms with Gasteiger partial charge in [-0.2, -0.15) is 5.10 Å². The van der Waals surface area contributed by atoms with E-state index in [9.17, 15) is 14.4 Å². The van der Waals surface area contributed by atoms with Crippen molar-refractivity contribution in [2.45, 2.75) is 65.6 Å². The largest absolute Gasteiger partial charge is 0.443 e. The summed E-state index contributed by atoms with van der Waals surface area (Å²) in [5, 5.41) is 4.46. The summed E-state index contributed by atoms with van der Waals surface area (Å²) < 4.78 is 13.6. The first-order chi connectivity index (χ1) is 14.1. The van der Waals surface area contributed by atoms with E-state index in [0.29, 0.717) is 34.9 Å². The van der Waals surface area contributed by atoms with Gasteiger partial charge in [-0.1, -0.05) is 0 Å². The highest BCUT2D eigenvalue weighted by Crippen LogP contribution is 2.34. The summed E-state index contributed by atoms with van der Waals surface area (Å²) in [4.78, 5) is 39.1. The molecule has 3 rings (SSSR count). The fourth-order valence-electron chi connectivity index (χ4n) is 3.10. The predicted octanol–water partition coefficient (Wildman–Crippen LogP) is 2.76. The lowest BCUT2D eigenvalue weighted by molar-refractivity contribution is 0.0529. The molecule has 1 aliphatic carbocycles. The maximum Gasteiger partial charge on any atom is 0.428 e. The van der Waals surface area contributed by atoms with Crippen LogP contribution >= 0.6 is 11.3 Å². The minimum Gasteiger partial charge on any atom is -0.443 e. The van der Waals surface area contributed by atoms with Gasteiger partial charge in [0.15, 0.2) is 0 Å². The molecule has 1 fully saturated rings. The number of fused-ring (bicyclic) bond motifs is 1. The van der Waals surface area contributed by atoms with E-state index in [1.807, 2.05) is 13.8 Å². The Morgan fingerprint density at radius 3 is 2.63 bits per heavy atom. The van der Waals surface area contributed by atoms with Crippen LogP contribution in [0.15, 0.2) is 14.7 Å². The number of aryl methyl sites for hydroxylation is 1. The Kier molecular flexibility index (Phi) is 6.47. The molecule has 0 saturated heterocycles. The van der Waals surface area contributed by atoms with Crippen molar-refractivity contribution in [3.63, 3.8) is 0 Å². The first kappa shape index (κ1) is 22.2. The molecule has 2 heterocycles. The summed E-state index contributed by atoms with van der Waals surface area (Å²) >= 11 is 1.30. The standard InChI is InChI=1S/C20H28N4O5S/c1-6-28-10-9-23-17-15(16(25)24(19(23)27)13-7-8-13)12(2)14(30-17)11-21-22-18(26)29-20(3,4)5/h11,13H,6-10H2,1-5H3,(H,22,26). The van der Waals surface area contributed by atoms with E-state index in [-0.39, 0.29) is 17.3 Å². The minimum atomic E-state index is -0.665. The lowest BCUT2D eigenvalue weighted by Gasteiger charge is -2.18. The molecule has 0 aromatic carbocycles. The molecule has 2 aromatic heterocycles. The van der Waals surface area contributed by atoms with E-state index in [4.69, 9.17) is 9.47 Å². The Hall–Kier alpha value is -2.46. The molecule has 0 radical (unpaired) electrons. The van der Waals surface area contributed by atoms with E-state index in [0.717, 1.165) is 18.4 Å². The first-order valence-electron chi connectivity index (χ1n) is 10.0. The highest BCUT2D eigenvalue weighted by Gasteiger charge is 2.30. The molecular weight excluding hydrogens is 408 g/mol. The van der Waals surface area contributed by atoms with Crippen LogP contribution in [0.2, 0.25) is 0 Å². The third-order valence-corrected chi connectivity index (χ3v) is 5.84. The minimum absolute atomic E-state index is 0.0296. The molecule has 164 valence electrons. The van der Waals surface area contributed by atoms with Gasteiger partial charge in [0, 0.05) is 12.6 Å². The average Bonchev–Trinajstić information content (AvgIpc) is 3.41. The van der Waals surface area contributed by atoms with Gasteiger partial charge < -0.3 is 9.47 Å². The fraction of sp³-hybridized carbons (Fsp3) is 0.600. The van der Waals surface area contributed by atoms with E-state index >= 15 is 0 Å². The third-order valence-electron chi connectivity index (χ3n) is 4.59. The maximum absolute atomic E-state index is 13.1. The molecule has 0 atom stereocenters. The number of hydrogen-bond donors (Lipinski definition) is 1. The maximum atomic E-state index is 13.1. The topological polar surface area (TPSA) is 104 Å². The zero-order chi connectivity index (χ0) is 22.1. The van der Waals surface area contributed by atoms with Crippen LogP contribution in [-0.2, 0) is 16.0 Å². The molecule has 9 nitrogen and oxygen atoms in total. The van der Waals surface area contributed by atoms with Crippen molar-refractivity contribution in [3.05, 3.63) is 31.3 Å².